The molecule has 20 heavy (non-hydrogen) atoms. The molecule has 1 aliphatic rings. The lowest BCUT2D eigenvalue weighted by Crippen LogP contribution is -2.42. The molecular weight excluding hydrogens is 271 g/mol. The quantitative estimate of drug-likeness (QED) is 0.928. The van der Waals surface area contributed by atoms with E-state index in [0.29, 0.717) is 18.8 Å². The van der Waals surface area contributed by atoms with E-state index in [2.05, 4.69) is 5.32 Å². The van der Waals surface area contributed by atoms with E-state index in [1.54, 1.807) is 0 Å². The molecule has 1 saturated heterocycles. The third-order valence-electron chi connectivity index (χ3n) is 3.28. The highest BCUT2D eigenvalue weighted by Gasteiger charge is 2.32. The first kappa shape index (κ1) is 15.3. The van der Waals surface area contributed by atoms with E-state index in [1.165, 1.54) is 13.2 Å². The Hall–Kier alpha value is -1.11. The van der Waals surface area contributed by atoms with Crippen molar-refractivity contribution in [3.63, 3.8) is 0 Å². The first-order chi connectivity index (χ1) is 9.41. The van der Waals surface area contributed by atoms with Gasteiger partial charge in [-0.2, -0.15) is 13.2 Å². The molecule has 2 rings (SSSR count). The number of alkyl halides is 3. The smallest absolute Gasteiger partial charge is 0.380 e. The summed E-state index contributed by atoms with van der Waals surface area (Å²) in [5.74, 6) is 0. The molecular formula is C14H18F3NO2. The van der Waals surface area contributed by atoms with Gasteiger partial charge in [0.05, 0.1) is 31.4 Å². The maximum absolute atomic E-state index is 12.8. The first-order valence-corrected chi connectivity index (χ1v) is 6.44. The second kappa shape index (κ2) is 6.11. The molecule has 0 bridgehead atoms. The summed E-state index contributed by atoms with van der Waals surface area (Å²) >= 11 is 0. The molecule has 0 aromatic heterocycles. The van der Waals surface area contributed by atoms with Crippen molar-refractivity contribution in [3.8, 4) is 0 Å². The van der Waals surface area contributed by atoms with E-state index in [4.69, 9.17) is 9.47 Å². The first-order valence-electron chi connectivity index (χ1n) is 6.44. The molecule has 1 aliphatic heterocycles. The van der Waals surface area contributed by atoms with Gasteiger partial charge in [-0.05, 0) is 30.2 Å². The molecule has 6 heteroatoms. The molecule has 1 aromatic carbocycles. The number of ether oxygens (including phenoxy) is 2. The normalized spacial score (nSPS) is 23.9. The Morgan fingerprint density at radius 3 is 2.70 bits per heavy atom. The van der Waals surface area contributed by atoms with Gasteiger partial charge in [0, 0.05) is 13.2 Å². The molecule has 0 amide bonds. The standard InChI is InChI=1S/C14H18F3NO2/c1-9-6-20-8-13(18-9)12-4-3-11(14(15,16)17)5-10(12)7-19-2/h3-5,9,13,18H,6-8H2,1-2H3/t9-,13-/m1/s1. The van der Waals surface area contributed by atoms with E-state index >= 15 is 0 Å². The Balaban J connectivity index is 2.32. The summed E-state index contributed by atoms with van der Waals surface area (Å²) in [6.07, 6.45) is -4.34. The maximum Gasteiger partial charge on any atom is 0.416 e. The van der Waals surface area contributed by atoms with Crippen molar-refractivity contribution in [3.05, 3.63) is 34.9 Å². The van der Waals surface area contributed by atoms with Crippen LogP contribution in [0.1, 0.15) is 29.7 Å². The minimum Gasteiger partial charge on any atom is -0.380 e. The third kappa shape index (κ3) is 3.50. The highest BCUT2D eigenvalue weighted by Crippen LogP contribution is 2.32. The van der Waals surface area contributed by atoms with Gasteiger partial charge < -0.3 is 14.8 Å². The number of rotatable bonds is 3. The van der Waals surface area contributed by atoms with Gasteiger partial charge in [0.15, 0.2) is 0 Å². The van der Waals surface area contributed by atoms with E-state index in [-0.39, 0.29) is 18.7 Å². The number of hydrogen-bond acceptors (Lipinski definition) is 3. The second-order valence-corrected chi connectivity index (χ2v) is 5.00. The topological polar surface area (TPSA) is 30.5 Å². The van der Waals surface area contributed by atoms with Gasteiger partial charge >= 0.3 is 6.18 Å². The molecule has 112 valence electrons. The van der Waals surface area contributed by atoms with Crippen LogP contribution in [0, 0.1) is 0 Å². The lowest BCUT2D eigenvalue weighted by molar-refractivity contribution is -0.137. The fourth-order valence-electron chi connectivity index (χ4n) is 2.38. The van der Waals surface area contributed by atoms with Gasteiger partial charge in [-0.25, -0.2) is 0 Å². The van der Waals surface area contributed by atoms with Gasteiger partial charge in [0.1, 0.15) is 0 Å². The van der Waals surface area contributed by atoms with Crippen LogP contribution in [-0.4, -0.2) is 26.4 Å². The molecule has 1 heterocycles. The number of morpholine rings is 1. The van der Waals surface area contributed by atoms with Crippen LogP contribution in [0.25, 0.3) is 0 Å². The fraction of sp³-hybridized carbons (Fsp3) is 0.571. The Morgan fingerprint density at radius 1 is 1.35 bits per heavy atom. The van der Waals surface area contributed by atoms with Crippen molar-refractivity contribution < 1.29 is 22.6 Å². The van der Waals surface area contributed by atoms with Gasteiger partial charge in [0.25, 0.3) is 0 Å². The van der Waals surface area contributed by atoms with Crippen LogP contribution in [0.2, 0.25) is 0 Å². The predicted molar refractivity (Wildman–Crippen MR) is 68.3 cm³/mol. The zero-order chi connectivity index (χ0) is 14.8. The summed E-state index contributed by atoms with van der Waals surface area (Å²) in [6.45, 7) is 3.18. The monoisotopic (exact) mass is 289 g/mol. The van der Waals surface area contributed by atoms with E-state index < -0.39 is 11.7 Å². The van der Waals surface area contributed by atoms with E-state index in [9.17, 15) is 13.2 Å². The molecule has 2 atom stereocenters. The zero-order valence-corrected chi connectivity index (χ0v) is 11.5. The fourth-order valence-corrected chi connectivity index (χ4v) is 2.38. The summed E-state index contributed by atoms with van der Waals surface area (Å²) in [5, 5.41) is 3.33. The molecule has 0 spiro atoms. The SMILES string of the molecule is COCc1cc(C(F)(F)F)ccc1[C@H]1COC[C@@H](C)N1. The van der Waals surface area contributed by atoms with Crippen molar-refractivity contribution in [1.82, 2.24) is 5.32 Å². The van der Waals surface area contributed by atoms with Crippen molar-refractivity contribution in [2.24, 2.45) is 0 Å². The highest BCUT2D eigenvalue weighted by atomic mass is 19.4. The van der Waals surface area contributed by atoms with Crippen molar-refractivity contribution >= 4 is 0 Å². The number of benzene rings is 1. The molecule has 0 aliphatic carbocycles. The van der Waals surface area contributed by atoms with Gasteiger partial charge in [-0.3, -0.25) is 0 Å². The Morgan fingerprint density at radius 2 is 2.10 bits per heavy atom. The Labute approximate surface area is 116 Å². The van der Waals surface area contributed by atoms with Crippen LogP contribution in [0.4, 0.5) is 13.2 Å². The Bertz CT molecular complexity index is 462. The lowest BCUT2D eigenvalue weighted by atomic mass is 9.97. The largest absolute Gasteiger partial charge is 0.416 e. The summed E-state index contributed by atoms with van der Waals surface area (Å²) in [5.41, 5.74) is 0.682. The predicted octanol–water partition coefficient (Wildman–Crippen LogP) is 2.90. The van der Waals surface area contributed by atoms with Crippen LogP contribution in [0.3, 0.4) is 0 Å². The molecule has 1 N–H and O–H groups in total. The third-order valence-corrected chi connectivity index (χ3v) is 3.28. The molecule has 1 fully saturated rings. The minimum atomic E-state index is -4.34. The van der Waals surface area contributed by atoms with Crippen LogP contribution in [0.15, 0.2) is 18.2 Å². The number of methoxy groups -OCH3 is 1. The van der Waals surface area contributed by atoms with Crippen LogP contribution >= 0.6 is 0 Å². The second-order valence-electron chi connectivity index (χ2n) is 5.00. The Kier molecular flexibility index (Phi) is 4.67. The number of hydrogen-bond donors (Lipinski definition) is 1. The van der Waals surface area contributed by atoms with Gasteiger partial charge in [-0.15, -0.1) is 0 Å². The summed E-state index contributed by atoms with van der Waals surface area (Å²) in [4.78, 5) is 0. The average Bonchev–Trinajstić information content (AvgIpc) is 2.38. The average molecular weight is 289 g/mol. The molecule has 1 aromatic rings. The van der Waals surface area contributed by atoms with Crippen molar-refractivity contribution in [1.29, 1.82) is 0 Å². The summed E-state index contributed by atoms with van der Waals surface area (Å²) in [6, 6.07) is 3.84. The van der Waals surface area contributed by atoms with Crippen molar-refractivity contribution in [2.75, 3.05) is 20.3 Å². The van der Waals surface area contributed by atoms with E-state index in [1.807, 2.05) is 6.92 Å². The van der Waals surface area contributed by atoms with Gasteiger partial charge in [-0.1, -0.05) is 6.07 Å². The van der Waals surface area contributed by atoms with Crippen LogP contribution in [0.5, 0.6) is 0 Å². The highest BCUT2D eigenvalue weighted by molar-refractivity contribution is 5.35. The minimum absolute atomic E-state index is 0.105. The zero-order valence-electron chi connectivity index (χ0n) is 11.5. The maximum atomic E-state index is 12.8. The number of halogens is 3. The van der Waals surface area contributed by atoms with Gasteiger partial charge in [0.2, 0.25) is 0 Å². The molecule has 0 radical (unpaired) electrons. The lowest BCUT2D eigenvalue weighted by Gasteiger charge is -2.30. The molecule has 0 saturated carbocycles. The molecule has 3 nitrogen and oxygen atoms in total. The van der Waals surface area contributed by atoms with E-state index in [0.717, 1.165) is 17.7 Å². The summed E-state index contributed by atoms with van der Waals surface area (Å²) < 4.78 is 48.8. The summed E-state index contributed by atoms with van der Waals surface area (Å²) in [7, 11) is 1.47. The molecule has 0 unspecified atom stereocenters. The van der Waals surface area contributed by atoms with Crippen molar-refractivity contribution in [2.45, 2.75) is 31.8 Å². The van der Waals surface area contributed by atoms with Crippen LogP contribution < -0.4 is 5.32 Å². The number of nitrogens with one attached hydrogen (secondary N) is 1. The van der Waals surface area contributed by atoms with Crippen LogP contribution in [-0.2, 0) is 22.3 Å².